The van der Waals surface area contributed by atoms with Crippen LogP contribution >= 0.6 is 0 Å². The van der Waals surface area contributed by atoms with Crippen molar-refractivity contribution < 1.29 is 18.8 Å². The standard InChI is InChI=1S/C22H24N6O4/c1-14(29)24-16-6-7-19(31-2)18(13-16)25-22(30)28-11-8-15(9-12-28)21-26-20(27-32-21)17-5-3-4-10-23-17/h3-7,10,13,15H,8-9,11-12H2,1-2H3,(H,24,29)(H,25,30). The molecular formula is C22H24N6O4. The van der Waals surface area contributed by atoms with Gasteiger partial charge >= 0.3 is 6.03 Å². The minimum Gasteiger partial charge on any atom is -0.495 e. The second kappa shape index (κ2) is 9.46. The van der Waals surface area contributed by atoms with E-state index in [0.29, 0.717) is 60.5 Å². The molecule has 2 N–H and O–H groups in total. The van der Waals surface area contributed by atoms with E-state index in [1.807, 2.05) is 18.2 Å². The average molecular weight is 436 g/mol. The Bertz CT molecular complexity index is 1090. The Kier molecular flexibility index (Phi) is 6.29. The number of piperidine rings is 1. The van der Waals surface area contributed by atoms with Gasteiger partial charge in [-0.25, -0.2) is 4.79 Å². The predicted molar refractivity (Wildman–Crippen MR) is 117 cm³/mol. The third-order valence-corrected chi connectivity index (χ3v) is 5.23. The molecule has 3 aromatic rings. The number of benzene rings is 1. The Hall–Kier alpha value is -3.95. The zero-order valence-corrected chi connectivity index (χ0v) is 17.9. The molecule has 1 fully saturated rings. The maximum absolute atomic E-state index is 12.8. The van der Waals surface area contributed by atoms with E-state index in [1.54, 1.807) is 29.3 Å². The number of pyridine rings is 1. The number of nitrogens with zero attached hydrogens (tertiary/aromatic N) is 4. The molecule has 0 atom stereocenters. The minimum atomic E-state index is -0.235. The molecule has 0 bridgehead atoms. The summed E-state index contributed by atoms with van der Waals surface area (Å²) >= 11 is 0. The first-order chi connectivity index (χ1) is 15.5. The molecule has 2 aromatic heterocycles. The van der Waals surface area contributed by atoms with Crippen molar-refractivity contribution in [1.82, 2.24) is 20.0 Å². The van der Waals surface area contributed by atoms with Crippen LogP contribution in [0.25, 0.3) is 11.5 Å². The van der Waals surface area contributed by atoms with Gasteiger partial charge in [0.1, 0.15) is 11.4 Å². The fraction of sp³-hybridized carbons (Fsp3) is 0.318. The maximum Gasteiger partial charge on any atom is 0.321 e. The summed E-state index contributed by atoms with van der Waals surface area (Å²) in [5.74, 6) is 1.43. The number of urea groups is 1. The molecule has 0 saturated carbocycles. The highest BCUT2D eigenvalue weighted by Gasteiger charge is 2.28. The van der Waals surface area contributed by atoms with E-state index >= 15 is 0 Å². The molecule has 0 radical (unpaired) electrons. The smallest absolute Gasteiger partial charge is 0.321 e. The van der Waals surface area contributed by atoms with Crippen molar-refractivity contribution >= 4 is 23.3 Å². The van der Waals surface area contributed by atoms with E-state index in [4.69, 9.17) is 9.26 Å². The summed E-state index contributed by atoms with van der Waals surface area (Å²) in [4.78, 5) is 34.6. The molecule has 10 heteroatoms. The minimum absolute atomic E-state index is 0.0849. The number of hydrogen-bond acceptors (Lipinski definition) is 7. The third kappa shape index (κ3) is 4.85. The summed E-state index contributed by atoms with van der Waals surface area (Å²) in [6, 6.07) is 10.4. The first-order valence-electron chi connectivity index (χ1n) is 10.3. The van der Waals surface area contributed by atoms with Crippen molar-refractivity contribution in [3.05, 3.63) is 48.5 Å². The third-order valence-electron chi connectivity index (χ3n) is 5.23. The monoisotopic (exact) mass is 436 g/mol. The van der Waals surface area contributed by atoms with Crippen LogP contribution in [0.4, 0.5) is 16.2 Å². The van der Waals surface area contributed by atoms with Crippen LogP contribution < -0.4 is 15.4 Å². The zero-order valence-electron chi connectivity index (χ0n) is 17.9. The molecule has 1 aromatic carbocycles. The van der Waals surface area contributed by atoms with Gasteiger partial charge in [0, 0.05) is 37.8 Å². The van der Waals surface area contributed by atoms with Crippen molar-refractivity contribution in [1.29, 1.82) is 0 Å². The van der Waals surface area contributed by atoms with Crippen molar-refractivity contribution in [2.75, 3.05) is 30.8 Å². The van der Waals surface area contributed by atoms with Gasteiger partial charge in [-0.2, -0.15) is 4.98 Å². The number of rotatable bonds is 5. The van der Waals surface area contributed by atoms with Crippen molar-refractivity contribution in [2.24, 2.45) is 0 Å². The van der Waals surface area contributed by atoms with Gasteiger partial charge < -0.3 is 24.8 Å². The Labute approximate surface area is 185 Å². The number of hydrogen-bond donors (Lipinski definition) is 2. The Balaban J connectivity index is 1.37. The van der Waals surface area contributed by atoms with Crippen LogP contribution in [0, 0.1) is 0 Å². The average Bonchev–Trinajstić information content (AvgIpc) is 3.30. The number of amides is 3. The van der Waals surface area contributed by atoms with E-state index in [0.717, 1.165) is 0 Å². The molecule has 0 aliphatic carbocycles. The molecule has 4 rings (SSSR count). The van der Waals surface area contributed by atoms with Crippen LogP contribution in [-0.2, 0) is 4.79 Å². The predicted octanol–water partition coefficient (Wildman–Crippen LogP) is 3.51. The van der Waals surface area contributed by atoms with Crippen LogP contribution in [0.2, 0.25) is 0 Å². The zero-order chi connectivity index (χ0) is 22.5. The highest BCUT2D eigenvalue weighted by molar-refractivity contribution is 5.94. The van der Waals surface area contributed by atoms with Crippen LogP contribution in [0.3, 0.4) is 0 Å². The number of carbonyl (C=O) groups is 2. The van der Waals surface area contributed by atoms with Crippen LogP contribution in [0.15, 0.2) is 47.1 Å². The van der Waals surface area contributed by atoms with Gasteiger partial charge in [-0.1, -0.05) is 11.2 Å². The van der Waals surface area contributed by atoms with Crippen LogP contribution in [-0.4, -0.2) is 52.2 Å². The highest BCUT2D eigenvalue weighted by atomic mass is 16.5. The number of aromatic nitrogens is 3. The fourth-order valence-corrected chi connectivity index (χ4v) is 3.61. The topological polar surface area (TPSA) is 122 Å². The lowest BCUT2D eigenvalue weighted by molar-refractivity contribution is -0.114. The molecule has 10 nitrogen and oxygen atoms in total. The Morgan fingerprint density at radius 2 is 1.97 bits per heavy atom. The van der Waals surface area contributed by atoms with Gasteiger partial charge in [0.05, 0.1) is 12.8 Å². The van der Waals surface area contributed by atoms with Crippen molar-refractivity contribution in [3.63, 3.8) is 0 Å². The summed E-state index contributed by atoms with van der Waals surface area (Å²) < 4.78 is 10.8. The summed E-state index contributed by atoms with van der Waals surface area (Å²) in [5.41, 5.74) is 1.73. The van der Waals surface area contributed by atoms with Crippen molar-refractivity contribution in [3.8, 4) is 17.3 Å². The highest BCUT2D eigenvalue weighted by Crippen LogP contribution is 2.31. The summed E-state index contributed by atoms with van der Waals surface area (Å²) in [5, 5.41) is 9.61. The second-order valence-corrected chi connectivity index (χ2v) is 7.46. The number of nitrogens with one attached hydrogen (secondary N) is 2. The van der Waals surface area contributed by atoms with Crippen molar-refractivity contribution in [2.45, 2.75) is 25.7 Å². The normalized spacial score (nSPS) is 14.1. The van der Waals surface area contributed by atoms with Gasteiger partial charge in [-0.05, 0) is 43.2 Å². The molecule has 32 heavy (non-hydrogen) atoms. The molecule has 1 aliphatic heterocycles. The largest absolute Gasteiger partial charge is 0.495 e. The van der Waals surface area contributed by atoms with Gasteiger partial charge in [0.15, 0.2) is 0 Å². The Morgan fingerprint density at radius 3 is 2.66 bits per heavy atom. The number of anilines is 2. The summed E-state index contributed by atoms with van der Waals surface area (Å²) in [7, 11) is 1.53. The van der Waals surface area contributed by atoms with Gasteiger partial charge in [0.25, 0.3) is 0 Å². The number of methoxy groups -OCH3 is 1. The second-order valence-electron chi connectivity index (χ2n) is 7.46. The Morgan fingerprint density at radius 1 is 1.16 bits per heavy atom. The molecule has 0 spiro atoms. The molecule has 3 heterocycles. The molecular weight excluding hydrogens is 412 g/mol. The molecule has 3 amide bonds. The van der Waals surface area contributed by atoms with Gasteiger partial charge in [-0.15, -0.1) is 0 Å². The lowest BCUT2D eigenvalue weighted by atomic mass is 9.97. The lowest BCUT2D eigenvalue weighted by Gasteiger charge is -2.30. The van der Waals surface area contributed by atoms with E-state index < -0.39 is 0 Å². The maximum atomic E-state index is 12.8. The number of carbonyl (C=O) groups excluding carboxylic acids is 2. The van der Waals surface area contributed by atoms with Crippen LogP contribution in [0.5, 0.6) is 5.75 Å². The summed E-state index contributed by atoms with van der Waals surface area (Å²) in [6.45, 7) is 2.52. The number of likely N-dealkylation sites (tertiary alicyclic amines) is 1. The van der Waals surface area contributed by atoms with Crippen LogP contribution in [0.1, 0.15) is 31.6 Å². The summed E-state index contributed by atoms with van der Waals surface area (Å²) in [6.07, 6.45) is 3.10. The lowest BCUT2D eigenvalue weighted by Crippen LogP contribution is -2.40. The SMILES string of the molecule is COc1ccc(NC(C)=O)cc1NC(=O)N1CCC(c2nc(-c3ccccn3)no2)CC1. The van der Waals surface area contributed by atoms with Gasteiger partial charge in [0.2, 0.25) is 17.6 Å². The van der Waals surface area contributed by atoms with E-state index in [-0.39, 0.29) is 17.9 Å². The molecule has 0 unspecified atom stereocenters. The quantitative estimate of drug-likeness (QED) is 0.627. The fourth-order valence-electron chi connectivity index (χ4n) is 3.61. The molecule has 166 valence electrons. The van der Waals surface area contributed by atoms with E-state index in [9.17, 15) is 9.59 Å². The molecule has 1 aliphatic rings. The van der Waals surface area contributed by atoms with Gasteiger partial charge in [-0.3, -0.25) is 9.78 Å². The first kappa shape index (κ1) is 21.3. The van der Waals surface area contributed by atoms with E-state index in [1.165, 1.54) is 14.0 Å². The first-order valence-corrected chi connectivity index (χ1v) is 10.3. The molecule has 1 saturated heterocycles. The van der Waals surface area contributed by atoms with E-state index in [2.05, 4.69) is 25.8 Å². The number of ether oxygens (including phenoxy) is 1.